The van der Waals surface area contributed by atoms with Crippen molar-refractivity contribution in [2.45, 2.75) is 18.1 Å². The third-order valence-electron chi connectivity index (χ3n) is 6.21. The van der Waals surface area contributed by atoms with Crippen LogP contribution in [0.3, 0.4) is 0 Å². The number of hydrogen-bond acceptors (Lipinski definition) is 4. The lowest BCUT2D eigenvalue weighted by molar-refractivity contribution is -0.130. The molecule has 1 saturated heterocycles. The lowest BCUT2D eigenvalue weighted by atomic mass is 9.96. The zero-order valence-corrected chi connectivity index (χ0v) is 19.6. The maximum absolute atomic E-state index is 12.9. The molecule has 1 aliphatic heterocycles. The number of hydrogen-bond donors (Lipinski definition) is 1. The van der Waals surface area contributed by atoms with Crippen LogP contribution >= 0.6 is 11.8 Å². The molecule has 0 atom stereocenters. The molecule has 1 N–H and O–H groups in total. The molecule has 1 fully saturated rings. The maximum atomic E-state index is 12.9. The first-order valence-corrected chi connectivity index (χ1v) is 12.4. The third kappa shape index (κ3) is 4.97. The topological polar surface area (TPSA) is 52.2 Å². The Morgan fingerprint density at radius 3 is 2.21 bits per heavy atom. The standard InChI is InChI=1S/C27H28N4OS/c1-20-12-13-23-24(18-20)29-27(28-23)33-19-25(32)30-14-16-31(17-15-30)26(21-8-4-2-5-9-21)22-10-6-3-7-11-22/h2-13,18,26H,14-17,19H2,1H3,(H,28,29). The Hall–Kier alpha value is -3.09. The largest absolute Gasteiger partial charge is 0.339 e. The Morgan fingerprint density at radius 2 is 1.58 bits per heavy atom. The van der Waals surface area contributed by atoms with Crippen molar-refractivity contribution in [1.82, 2.24) is 19.8 Å². The molecular weight excluding hydrogens is 428 g/mol. The summed E-state index contributed by atoms with van der Waals surface area (Å²) in [6, 6.07) is 27.7. The third-order valence-corrected chi connectivity index (χ3v) is 7.07. The summed E-state index contributed by atoms with van der Waals surface area (Å²) in [4.78, 5) is 25.3. The summed E-state index contributed by atoms with van der Waals surface area (Å²) in [6.45, 7) is 5.27. The van der Waals surface area contributed by atoms with Crippen LogP contribution in [0.2, 0.25) is 0 Å². The fourth-order valence-corrected chi connectivity index (χ4v) is 5.29. The van der Waals surface area contributed by atoms with Gasteiger partial charge in [-0.1, -0.05) is 78.5 Å². The van der Waals surface area contributed by atoms with Crippen molar-refractivity contribution in [3.05, 3.63) is 95.6 Å². The van der Waals surface area contributed by atoms with Gasteiger partial charge in [-0.05, 0) is 35.7 Å². The fraction of sp³-hybridized carbons (Fsp3) is 0.259. The van der Waals surface area contributed by atoms with Crippen molar-refractivity contribution in [1.29, 1.82) is 0 Å². The molecule has 0 saturated carbocycles. The van der Waals surface area contributed by atoms with E-state index < -0.39 is 0 Å². The van der Waals surface area contributed by atoms with Gasteiger partial charge in [-0.25, -0.2) is 4.98 Å². The zero-order valence-electron chi connectivity index (χ0n) is 18.8. The lowest BCUT2D eigenvalue weighted by Gasteiger charge is -2.39. The number of nitrogens with zero attached hydrogens (tertiary/aromatic N) is 3. The molecule has 168 valence electrons. The summed E-state index contributed by atoms with van der Waals surface area (Å²) >= 11 is 1.48. The zero-order chi connectivity index (χ0) is 22.6. The number of fused-ring (bicyclic) bond motifs is 1. The van der Waals surface area contributed by atoms with Gasteiger partial charge in [0.15, 0.2) is 5.16 Å². The van der Waals surface area contributed by atoms with Crippen molar-refractivity contribution < 1.29 is 4.79 Å². The summed E-state index contributed by atoms with van der Waals surface area (Å²) in [7, 11) is 0. The van der Waals surface area contributed by atoms with Crippen LogP contribution in [0.5, 0.6) is 0 Å². The average molecular weight is 457 g/mol. The molecule has 2 heterocycles. The molecule has 4 aromatic rings. The molecule has 33 heavy (non-hydrogen) atoms. The number of imidazole rings is 1. The first-order chi connectivity index (χ1) is 16.2. The molecule has 3 aromatic carbocycles. The van der Waals surface area contributed by atoms with Crippen LogP contribution in [0, 0.1) is 6.92 Å². The number of aromatic amines is 1. The van der Waals surface area contributed by atoms with E-state index in [4.69, 9.17) is 0 Å². The summed E-state index contributed by atoms with van der Waals surface area (Å²) in [5, 5.41) is 0.802. The first kappa shape index (κ1) is 21.7. The number of thioether (sulfide) groups is 1. The van der Waals surface area contributed by atoms with E-state index in [1.807, 2.05) is 11.0 Å². The lowest BCUT2D eigenvalue weighted by Crippen LogP contribution is -2.50. The summed E-state index contributed by atoms with van der Waals surface area (Å²) in [5.41, 5.74) is 5.74. The Bertz CT molecular complexity index is 1180. The van der Waals surface area contributed by atoms with Gasteiger partial charge in [0.05, 0.1) is 22.8 Å². The van der Waals surface area contributed by atoms with E-state index in [0.29, 0.717) is 5.75 Å². The Morgan fingerprint density at radius 1 is 0.939 bits per heavy atom. The van der Waals surface area contributed by atoms with Gasteiger partial charge in [0.1, 0.15) is 0 Å². The Balaban J connectivity index is 1.21. The number of piperazine rings is 1. The highest BCUT2D eigenvalue weighted by Gasteiger charge is 2.28. The number of nitrogens with one attached hydrogen (secondary N) is 1. The predicted molar refractivity (Wildman–Crippen MR) is 134 cm³/mol. The minimum absolute atomic E-state index is 0.173. The molecule has 0 spiro atoms. The van der Waals surface area contributed by atoms with Gasteiger partial charge in [-0.2, -0.15) is 0 Å². The van der Waals surface area contributed by atoms with Gasteiger partial charge in [0.2, 0.25) is 5.91 Å². The van der Waals surface area contributed by atoms with Crippen LogP contribution in [-0.4, -0.2) is 57.6 Å². The number of aryl methyl sites for hydroxylation is 1. The highest BCUT2D eigenvalue weighted by molar-refractivity contribution is 7.99. The van der Waals surface area contributed by atoms with Crippen LogP contribution in [0.15, 0.2) is 84.0 Å². The fourth-order valence-electron chi connectivity index (χ4n) is 4.50. The Kier molecular flexibility index (Phi) is 6.46. The molecule has 5 rings (SSSR count). The molecule has 5 nitrogen and oxygen atoms in total. The van der Waals surface area contributed by atoms with Crippen LogP contribution in [0.25, 0.3) is 11.0 Å². The minimum Gasteiger partial charge on any atom is -0.339 e. The summed E-state index contributed by atoms with van der Waals surface area (Å²) in [6.07, 6.45) is 0. The molecule has 0 bridgehead atoms. The van der Waals surface area contributed by atoms with E-state index in [1.54, 1.807) is 0 Å². The van der Waals surface area contributed by atoms with Gasteiger partial charge in [-0.3, -0.25) is 9.69 Å². The molecule has 1 aromatic heterocycles. The van der Waals surface area contributed by atoms with E-state index in [9.17, 15) is 4.79 Å². The number of carbonyl (C=O) groups is 1. The van der Waals surface area contributed by atoms with Crippen molar-refractivity contribution in [2.24, 2.45) is 0 Å². The monoisotopic (exact) mass is 456 g/mol. The maximum Gasteiger partial charge on any atom is 0.233 e. The van der Waals surface area contributed by atoms with Gasteiger partial charge in [-0.15, -0.1) is 0 Å². The number of benzene rings is 3. The molecule has 1 aliphatic rings. The SMILES string of the molecule is Cc1ccc2nc(SCC(=O)N3CCN(C(c4ccccc4)c4ccccc4)CC3)[nH]c2c1. The van der Waals surface area contributed by atoms with E-state index in [2.05, 4.69) is 94.6 Å². The normalized spacial score (nSPS) is 14.8. The molecule has 1 amide bonds. The Labute approximate surface area is 198 Å². The molecular formula is C27H28N4OS. The molecule has 0 unspecified atom stereocenters. The predicted octanol–water partition coefficient (Wildman–Crippen LogP) is 4.90. The van der Waals surface area contributed by atoms with E-state index in [0.717, 1.165) is 42.4 Å². The van der Waals surface area contributed by atoms with Crippen LogP contribution < -0.4 is 0 Å². The van der Waals surface area contributed by atoms with Gasteiger partial charge >= 0.3 is 0 Å². The second kappa shape index (κ2) is 9.81. The van der Waals surface area contributed by atoms with Gasteiger partial charge in [0, 0.05) is 26.2 Å². The number of carbonyl (C=O) groups excluding carboxylic acids is 1. The quantitative estimate of drug-likeness (QED) is 0.420. The first-order valence-electron chi connectivity index (χ1n) is 11.4. The number of aromatic nitrogens is 2. The summed E-state index contributed by atoms with van der Waals surface area (Å²) < 4.78 is 0. The van der Waals surface area contributed by atoms with E-state index in [1.165, 1.54) is 28.5 Å². The minimum atomic E-state index is 0.173. The van der Waals surface area contributed by atoms with Crippen molar-refractivity contribution in [3.63, 3.8) is 0 Å². The number of H-pyrrole nitrogens is 1. The molecule has 0 aliphatic carbocycles. The van der Waals surface area contributed by atoms with Crippen LogP contribution in [-0.2, 0) is 4.79 Å². The number of amides is 1. The smallest absolute Gasteiger partial charge is 0.233 e. The van der Waals surface area contributed by atoms with Gasteiger partial charge in [0.25, 0.3) is 0 Å². The van der Waals surface area contributed by atoms with E-state index >= 15 is 0 Å². The highest BCUT2D eigenvalue weighted by atomic mass is 32.2. The second-order valence-corrected chi connectivity index (χ2v) is 9.46. The van der Waals surface area contributed by atoms with Crippen LogP contribution in [0.4, 0.5) is 0 Å². The van der Waals surface area contributed by atoms with Gasteiger partial charge < -0.3 is 9.88 Å². The van der Waals surface area contributed by atoms with Crippen LogP contribution in [0.1, 0.15) is 22.7 Å². The molecule has 0 radical (unpaired) electrons. The average Bonchev–Trinajstić information content (AvgIpc) is 3.26. The van der Waals surface area contributed by atoms with Crippen molar-refractivity contribution in [3.8, 4) is 0 Å². The number of rotatable bonds is 6. The van der Waals surface area contributed by atoms with E-state index in [-0.39, 0.29) is 11.9 Å². The summed E-state index contributed by atoms with van der Waals surface area (Å²) in [5.74, 6) is 0.576. The highest BCUT2D eigenvalue weighted by Crippen LogP contribution is 2.29. The second-order valence-electron chi connectivity index (χ2n) is 8.49. The van der Waals surface area contributed by atoms with Crippen molar-refractivity contribution in [2.75, 3.05) is 31.9 Å². The molecule has 6 heteroatoms. The van der Waals surface area contributed by atoms with Crippen molar-refractivity contribution >= 4 is 28.7 Å².